The van der Waals surface area contributed by atoms with Gasteiger partial charge < -0.3 is 9.80 Å². The number of halogens is 6. The molecule has 45 heavy (non-hydrogen) atoms. The van der Waals surface area contributed by atoms with E-state index in [1.165, 1.54) is 30.5 Å². The molecule has 2 heterocycles. The largest absolute Gasteiger partial charge is 0.416 e. The Bertz CT molecular complexity index is 1490. The van der Waals surface area contributed by atoms with Gasteiger partial charge in [0.05, 0.1) is 22.9 Å². The van der Waals surface area contributed by atoms with Crippen LogP contribution in [0.4, 0.5) is 38.1 Å². The molecule has 1 aromatic carbocycles. The molecular weight excluding hydrogens is 596 g/mol. The zero-order chi connectivity index (χ0) is 32.3. The highest BCUT2D eigenvalue weighted by molar-refractivity contribution is 5.54. The molecule has 7 nitrogen and oxygen atoms in total. The number of rotatable bonds is 11. The Morgan fingerprint density at radius 2 is 1.47 bits per heavy atom. The van der Waals surface area contributed by atoms with Gasteiger partial charge in [-0.25, -0.2) is 4.98 Å². The minimum Gasteiger partial charge on any atom is -0.356 e. The van der Waals surface area contributed by atoms with E-state index in [1.807, 2.05) is 13.8 Å². The summed E-state index contributed by atoms with van der Waals surface area (Å²) < 4.78 is 82.5. The quantitative estimate of drug-likeness (QED) is 0.201. The smallest absolute Gasteiger partial charge is 0.356 e. The van der Waals surface area contributed by atoms with Gasteiger partial charge in [0, 0.05) is 37.2 Å². The normalized spacial score (nSPS) is 18.0. The molecule has 2 aromatic heterocycles. The first-order chi connectivity index (χ1) is 21.1. The highest BCUT2D eigenvalue weighted by Gasteiger charge is 2.38. The van der Waals surface area contributed by atoms with Crippen molar-refractivity contribution in [3.05, 3.63) is 57.8 Å². The highest BCUT2D eigenvalue weighted by atomic mass is 19.4. The predicted octanol–water partition coefficient (Wildman–Crippen LogP) is 7.74. The summed E-state index contributed by atoms with van der Waals surface area (Å²) in [6.07, 6.45) is -3.45. The van der Waals surface area contributed by atoms with Crippen LogP contribution in [0.3, 0.4) is 0 Å². The number of hydrogen-bond donors (Lipinski definition) is 0. The summed E-state index contributed by atoms with van der Waals surface area (Å²) in [6.45, 7) is 9.70. The van der Waals surface area contributed by atoms with Crippen molar-refractivity contribution in [1.29, 1.82) is 0 Å². The highest BCUT2D eigenvalue weighted by Crippen LogP contribution is 2.42. The summed E-state index contributed by atoms with van der Waals surface area (Å²) in [7, 11) is 0. The third-order valence-corrected chi connectivity index (χ3v) is 9.01. The zero-order valence-electron chi connectivity index (χ0n) is 26.0. The molecule has 6 rings (SSSR count). The molecule has 0 N–H and O–H groups in total. The molecule has 0 aliphatic heterocycles. The number of fused-ring (bicyclic) bond motifs is 1. The van der Waals surface area contributed by atoms with Crippen molar-refractivity contribution in [2.24, 2.45) is 11.8 Å². The number of aryl methyl sites for hydroxylation is 1. The lowest BCUT2D eigenvalue weighted by molar-refractivity contribution is -0.143. The molecule has 3 aromatic rings. The van der Waals surface area contributed by atoms with Crippen molar-refractivity contribution in [1.82, 2.24) is 25.2 Å². The lowest BCUT2D eigenvalue weighted by atomic mass is 9.90. The number of nitrogens with zero attached hydrogens (tertiary/aromatic N) is 7. The van der Waals surface area contributed by atoms with Crippen LogP contribution in [0.2, 0.25) is 0 Å². The van der Waals surface area contributed by atoms with Crippen molar-refractivity contribution in [3.63, 3.8) is 0 Å². The molecule has 3 aliphatic rings. The summed E-state index contributed by atoms with van der Waals surface area (Å²) in [4.78, 5) is 10.6. The summed E-state index contributed by atoms with van der Waals surface area (Å²) in [6, 6.07) is 3.68. The number of anilines is 2. The zero-order valence-corrected chi connectivity index (χ0v) is 26.0. The van der Waals surface area contributed by atoms with E-state index in [-0.39, 0.29) is 42.1 Å². The molecule has 0 spiro atoms. The Labute approximate surface area is 259 Å². The van der Waals surface area contributed by atoms with Crippen LogP contribution < -0.4 is 9.80 Å². The number of hydrogen-bond acceptors (Lipinski definition) is 6. The number of tetrazole rings is 1. The van der Waals surface area contributed by atoms with Gasteiger partial charge in [0.15, 0.2) is 0 Å². The maximum absolute atomic E-state index is 13.8. The molecule has 13 heteroatoms. The van der Waals surface area contributed by atoms with E-state index in [0.717, 1.165) is 60.7 Å². The fourth-order valence-corrected chi connectivity index (χ4v) is 6.09. The lowest BCUT2D eigenvalue weighted by Crippen LogP contribution is -2.33. The summed E-state index contributed by atoms with van der Waals surface area (Å²) in [5.41, 5.74) is 0.0798. The molecule has 0 unspecified atom stereocenters. The van der Waals surface area contributed by atoms with Crippen molar-refractivity contribution >= 4 is 11.8 Å². The molecule has 244 valence electrons. The minimum absolute atomic E-state index is 0.0966. The molecule has 0 amide bonds. The molecular formula is C32H39F6N7. The Kier molecular flexibility index (Phi) is 8.04. The molecule has 3 aliphatic carbocycles. The number of alkyl halides is 6. The van der Waals surface area contributed by atoms with Crippen molar-refractivity contribution in [3.8, 4) is 0 Å². The first-order valence-corrected chi connectivity index (χ1v) is 15.7. The molecule has 0 bridgehead atoms. The predicted molar refractivity (Wildman–Crippen MR) is 158 cm³/mol. The number of aromatic nitrogens is 5. The SMILES string of the molecule is CC(C)n1nnc(N(Cc2cc(C(F)(F)F)cc(C(F)(F)F)c2)Cc2cc3c(nc2N(CC2CC2)CC2CC2)C(C)(C)CC3)n1. The van der Waals surface area contributed by atoms with Gasteiger partial charge in [-0.05, 0) is 105 Å². The topological polar surface area (TPSA) is 63.0 Å². The van der Waals surface area contributed by atoms with E-state index in [1.54, 1.807) is 4.90 Å². The minimum atomic E-state index is -4.95. The maximum atomic E-state index is 13.8. The summed E-state index contributed by atoms with van der Waals surface area (Å²) >= 11 is 0. The standard InChI is InChI=1S/C32H39F6N7/c1-19(2)45-41-29(40-42-45)44(17-22-11-25(31(33,34)35)14-26(12-22)32(36,37)38)18-24-13-23-9-10-30(3,4)27(23)39-28(24)43(15-20-5-6-20)16-21-7-8-21/h11-14,19-21H,5-10,15-18H2,1-4H3. The van der Waals surface area contributed by atoms with E-state index in [2.05, 4.69) is 40.2 Å². The monoisotopic (exact) mass is 635 g/mol. The van der Waals surface area contributed by atoms with E-state index in [0.29, 0.717) is 11.8 Å². The van der Waals surface area contributed by atoms with E-state index in [9.17, 15) is 26.3 Å². The second kappa shape index (κ2) is 11.5. The van der Waals surface area contributed by atoms with Crippen molar-refractivity contribution < 1.29 is 26.3 Å². The van der Waals surface area contributed by atoms with E-state index < -0.39 is 23.5 Å². The molecule has 0 radical (unpaired) electrons. The van der Waals surface area contributed by atoms with E-state index >= 15 is 0 Å². The van der Waals surface area contributed by atoms with Crippen LogP contribution in [0.15, 0.2) is 24.3 Å². The van der Waals surface area contributed by atoms with Gasteiger partial charge in [-0.15, -0.1) is 5.10 Å². The van der Waals surface area contributed by atoms with Crippen LogP contribution >= 0.6 is 0 Å². The van der Waals surface area contributed by atoms with Crippen LogP contribution in [0.1, 0.15) is 99.4 Å². The van der Waals surface area contributed by atoms with Crippen molar-refractivity contribution in [2.75, 3.05) is 22.9 Å². The van der Waals surface area contributed by atoms with Gasteiger partial charge in [-0.1, -0.05) is 18.9 Å². The first kappa shape index (κ1) is 31.6. The van der Waals surface area contributed by atoms with Gasteiger partial charge in [0.2, 0.25) is 0 Å². The fourth-order valence-electron chi connectivity index (χ4n) is 6.09. The summed E-state index contributed by atoms with van der Waals surface area (Å²) in [5.74, 6) is 2.14. The Morgan fingerprint density at radius 1 is 0.867 bits per heavy atom. The van der Waals surface area contributed by atoms with Crippen LogP contribution in [-0.2, 0) is 37.3 Å². The number of pyridine rings is 1. The Hall–Kier alpha value is -3.38. The molecule has 2 fully saturated rings. The third kappa shape index (κ3) is 7.22. The molecule has 0 atom stereocenters. The fraction of sp³-hybridized carbons (Fsp3) is 0.625. The van der Waals surface area contributed by atoms with Crippen LogP contribution in [0.25, 0.3) is 0 Å². The van der Waals surface area contributed by atoms with Gasteiger partial charge in [-0.2, -0.15) is 31.1 Å². The molecule has 0 saturated heterocycles. The lowest BCUT2D eigenvalue weighted by Gasteiger charge is -2.30. The maximum Gasteiger partial charge on any atom is 0.416 e. The number of benzene rings is 1. The van der Waals surface area contributed by atoms with Gasteiger partial charge in [-0.3, -0.25) is 0 Å². The third-order valence-electron chi connectivity index (χ3n) is 9.01. The average molecular weight is 636 g/mol. The molecule has 2 saturated carbocycles. The van der Waals surface area contributed by atoms with Crippen LogP contribution in [-0.4, -0.2) is 38.3 Å². The van der Waals surface area contributed by atoms with Crippen LogP contribution in [0, 0.1) is 11.8 Å². The second-order valence-electron chi connectivity index (χ2n) is 13.9. The van der Waals surface area contributed by atoms with Gasteiger partial charge in [0.1, 0.15) is 5.82 Å². The van der Waals surface area contributed by atoms with Crippen LogP contribution in [0.5, 0.6) is 0 Å². The summed E-state index contributed by atoms with van der Waals surface area (Å²) in [5, 5.41) is 12.8. The van der Waals surface area contributed by atoms with Crippen molar-refractivity contribution in [2.45, 2.75) is 103 Å². The average Bonchev–Trinajstić information content (AvgIpc) is 3.87. The first-order valence-electron chi connectivity index (χ1n) is 15.7. The Balaban J connectivity index is 1.43. The Morgan fingerprint density at radius 3 is 1.98 bits per heavy atom. The van der Waals surface area contributed by atoms with Gasteiger partial charge in [0.25, 0.3) is 5.95 Å². The second-order valence-corrected chi connectivity index (χ2v) is 13.9. The van der Waals surface area contributed by atoms with E-state index in [4.69, 9.17) is 4.98 Å². The van der Waals surface area contributed by atoms with Gasteiger partial charge >= 0.3 is 12.4 Å².